The van der Waals surface area contributed by atoms with Crippen LogP contribution >= 0.6 is 11.6 Å². The number of rotatable bonds is 4. The normalized spacial score (nSPS) is 12.3. The zero-order valence-electron chi connectivity index (χ0n) is 13.4. The molecule has 0 N–H and O–H groups in total. The fourth-order valence-electron chi connectivity index (χ4n) is 2.59. The topological polar surface area (TPSA) is 33.5 Å². The van der Waals surface area contributed by atoms with E-state index < -0.39 is 5.82 Å². The molecule has 0 spiro atoms. The van der Waals surface area contributed by atoms with E-state index >= 15 is 0 Å². The first-order valence-electron chi connectivity index (χ1n) is 7.64. The first kappa shape index (κ1) is 16.5. The molecular formula is C19H17ClFNO2. The van der Waals surface area contributed by atoms with Gasteiger partial charge in [0.2, 0.25) is 5.91 Å². The van der Waals surface area contributed by atoms with Gasteiger partial charge in [0.1, 0.15) is 17.2 Å². The van der Waals surface area contributed by atoms with Crippen LogP contribution in [0.5, 0.6) is 0 Å². The third-order valence-electron chi connectivity index (χ3n) is 4.22. The number of fused-ring (bicyclic) bond motifs is 1. The Morgan fingerprint density at radius 2 is 2.00 bits per heavy atom. The second-order valence-corrected chi connectivity index (χ2v) is 6.15. The molecule has 0 saturated heterocycles. The molecule has 24 heavy (non-hydrogen) atoms. The largest absolute Gasteiger partial charge is 0.459 e. The molecule has 5 heteroatoms. The number of furan rings is 1. The summed E-state index contributed by atoms with van der Waals surface area (Å²) in [5.41, 5.74) is 0.991. The molecule has 0 aliphatic heterocycles. The molecule has 0 fully saturated rings. The first-order chi connectivity index (χ1) is 11.5. The number of carbonyl (C=O) groups is 1. The lowest BCUT2D eigenvalue weighted by Gasteiger charge is -2.23. The summed E-state index contributed by atoms with van der Waals surface area (Å²) in [6.07, 6.45) is -0.0907. The minimum Gasteiger partial charge on any atom is -0.459 e. The van der Waals surface area contributed by atoms with E-state index in [1.54, 1.807) is 18.0 Å². The summed E-state index contributed by atoms with van der Waals surface area (Å²) in [6.45, 7) is 1.87. The molecule has 0 aliphatic carbocycles. The smallest absolute Gasteiger partial charge is 0.227 e. The van der Waals surface area contributed by atoms with Crippen LogP contribution in [0, 0.1) is 5.82 Å². The summed E-state index contributed by atoms with van der Waals surface area (Å²) < 4.78 is 19.7. The van der Waals surface area contributed by atoms with E-state index in [-0.39, 0.29) is 29.0 Å². The van der Waals surface area contributed by atoms with E-state index in [4.69, 9.17) is 16.0 Å². The van der Waals surface area contributed by atoms with Gasteiger partial charge in [-0.25, -0.2) is 4.39 Å². The van der Waals surface area contributed by atoms with Crippen LogP contribution in [0.1, 0.15) is 24.3 Å². The number of halogens is 2. The highest BCUT2D eigenvalue weighted by atomic mass is 35.5. The minimum absolute atomic E-state index is 0.0907. The van der Waals surface area contributed by atoms with Crippen LogP contribution < -0.4 is 0 Å². The molecule has 1 aromatic heterocycles. The van der Waals surface area contributed by atoms with Crippen LogP contribution in [0.2, 0.25) is 5.02 Å². The van der Waals surface area contributed by atoms with Crippen LogP contribution in [-0.2, 0) is 11.2 Å². The Morgan fingerprint density at radius 3 is 2.71 bits per heavy atom. The van der Waals surface area contributed by atoms with Gasteiger partial charge in [-0.3, -0.25) is 4.79 Å². The van der Waals surface area contributed by atoms with Gasteiger partial charge in [0.15, 0.2) is 0 Å². The molecule has 1 heterocycles. The van der Waals surface area contributed by atoms with Crippen molar-refractivity contribution in [3.05, 3.63) is 70.7 Å². The van der Waals surface area contributed by atoms with Crippen molar-refractivity contribution in [1.82, 2.24) is 4.90 Å². The number of hydrogen-bond donors (Lipinski definition) is 0. The lowest BCUT2D eigenvalue weighted by molar-refractivity contribution is -0.131. The number of likely N-dealkylation sites (N-methyl/N-ethyl adjacent to an activating group) is 1. The van der Waals surface area contributed by atoms with Crippen molar-refractivity contribution in [3.8, 4) is 0 Å². The van der Waals surface area contributed by atoms with Gasteiger partial charge in [-0.2, -0.15) is 0 Å². The fraction of sp³-hybridized carbons (Fsp3) is 0.211. The second kappa shape index (κ2) is 6.65. The number of para-hydroxylation sites is 1. The van der Waals surface area contributed by atoms with Crippen molar-refractivity contribution in [2.45, 2.75) is 19.4 Å². The summed E-state index contributed by atoms with van der Waals surface area (Å²) in [5, 5.41) is 1.24. The van der Waals surface area contributed by atoms with E-state index in [2.05, 4.69) is 0 Å². The number of benzene rings is 2. The maximum Gasteiger partial charge on any atom is 0.227 e. The molecule has 0 aliphatic rings. The van der Waals surface area contributed by atoms with Crippen molar-refractivity contribution >= 4 is 28.5 Å². The van der Waals surface area contributed by atoms with Crippen molar-refractivity contribution in [2.75, 3.05) is 7.05 Å². The molecule has 0 saturated carbocycles. The van der Waals surface area contributed by atoms with E-state index in [1.165, 1.54) is 12.1 Å². The molecule has 0 unspecified atom stereocenters. The van der Waals surface area contributed by atoms with E-state index in [0.29, 0.717) is 5.76 Å². The quantitative estimate of drug-likeness (QED) is 0.667. The standard InChI is InChI=1S/C19H17ClFNO2/c1-12(18-10-13-6-3-4-9-17(13)24-18)22(2)19(23)11-14-15(20)7-5-8-16(14)21/h3-10,12H,11H2,1-2H3/t12-/m1/s1. The van der Waals surface area contributed by atoms with E-state index in [1.807, 2.05) is 37.3 Å². The van der Waals surface area contributed by atoms with E-state index in [9.17, 15) is 9.18 Å². The third-order valence-corrected chi connectivity index (χ3v) is 4.57. The Labute approximate surface area is 144 Å². The number of amides is 1. The lowest BCUT2D eigenvalue weighted by atomic mass is 10.1. The molecular weight excluding hydrogens is 329 g/mol. The number of hydrogen-bond acceptors (Lipinski definition) is 2. The van der Waals surface area contributed by atoms with Gasteiger partial charge in [0, 0.05) is 23.0 Å². The molecule has 0 bridgehead atoms. The summed E-state index contributed by atoms with van der Waals surface area (Å²) in [4.78, 5) is 14.0. The summed E-state index contributed by atoms with van der Waals surface area (Å²) >= 11 is 6.00. The van der Waals surface area contributed by atoms with Gasteiger partial charge in [-0.15, -0.1) is 0 Å². The second-order valence-electron chi connectivity index (χ2n) is 5.74. The minimum atomic E-state index is -0.472. The Bertz CT molecular complexity index is 837. The summed E-state index contributed by atoms with van der Waals surface area (Å²) in [7, 11) is 1.68. The lowest BCUT2D eigenvalue weighted by Crippen LogP contribution is -2.31. The molecule has 3 rings (SSSR count). The zero-order chi connectivity index (χ0) is 17.3. The first-order valence-corrected chi connectivity index (χ1v) is 8.02. The van der Waals surface area contributed by atoms with Crippen LogP contribution in [0.15, 0.2) is 52.9 Å². The summed E-state index contributed by atoms with van der Waals surface area (Å²) in [5.74, 6) is -0.0118. The molecule has 2 aromatic carbocycles. The van der Waals surface area contributed by atoms with Crippen molar-refractivity contribution < 1.29 is 13.6 Å². The van der Waals surface area contributed by atoms with Crippen molar-refractivity contribution in [2.24, 2.45) is 0 Å². The molecule has 0 radical (unpaired) electrons. The Balaban J connectivity index is 1.79. The number of nitrogens with zero attached hydrogens (tertiary/aromatic N) is 1. The van der Waals surface area contributed by atoms with Crippen LogP contribution in [0.3, 0.4) is 0 Å². The summed E-state index contributed by atoms with van der Waals surface area (Å²) in [6, 6.07) is 13.7. The predicted octanol–water partition coefficient (Wildman–Crippen LogP) is 4.99. The van der Waals surface area contributed by atoms with Crippen LogP contribution in [-0.4, -0.2) is 17.9 Å². The highest BCUT2D eigenvalue weighted by Crippen LogP contribution is 2.28. The Morgan fingerprint density at radius 1 is 1.25 bits per heavy atom. The Kier molecular flexibility index (Phi) is 4.58. The van der Waals surface area contributed by atoms with Crippen LogP contribution in [0.25, 0.3) is 11.0 Å². The Hall–Kier alpha value is -2.33. The molecule has 1 atom stereocenters. The monoisotopic (exact) mass is 345 g/mol. The van der Waals surface area contributed by atoms with E-state index in [0.717, 1.165) is 11.0 Å². The third kappa shape index (κ3) is 3.15. The maximum absolute atomic E-state index is 13.9. The SMILES string of the molecule is C[C@H](c1cc2ccccc2o1)N(C)C(=O)Cc1c(F)cccc1Cl. The zero-order valence-corrected chi connectivity index (χ0v) is 14.2. The number of carbonyl (C=O) groups excluding carboxylic acids is 1. The average Bonchev–Trinajstić information content (AvgIpc) is 3.00. The van der Waals surface area contributed by atoms with Gasteiger partial charge < -0.3 is 9.32 Å². The fourth-order valence-corrected chi connectivity index (χ4v) is 2.82. The van der Waals surface area contributed by atoms with Crippen molar-refractivity contribution in [3.63, 3.8) is 0 Å². The van der Waals surface area contributed by atoms with Crippen molar-refractivity contribution in [1.29, 1.82) is 0 Å². The molecule has 3 nitrogen and oxygen atoms in total. The maximum atomic E-state index is 13.9. The van der Waals surface area contributed by atoms with Gasteiger partial charge in [-0.1, -0.05) is 35.9 Å². The van der Waals surface area contributed by atoms with Gasteiger partial charge in [0.05, 0.1) is 12.5 Å². The predicted molar refractivity (Wildman–Crippen MR) is 92.5 cm³/mol. The van der Waals surface area contributed by atoms with Gasteiger partial charge in [0.25, 0.3) is 0 Å². The molecule has 1 amide bonds. The average molecular weight is 346 g/mol. The van der Waals surface area contributed by atoms with Crippen LogP contribution in [0.4, 0.5) is 4.39 Å². The highest BCUT2D eigenvalue weighted by molar-refractivity contribution is 6.31. The molecule has 3 aromatic rings. The van der Waals surface area contributed by atoms with Gasteiger partial charge in [-0.05, 0) is 31.2 Å². The van der Waals surface area contributed by atoms with Gasteiger partial charge >= 0.3 is 0 Å². The molecule has 124 valence electrons. The highest BCUT2D eigenvalue weighted by Gasteiger charge is 2.22.